The standard InChI is InChI=1S/C13H18ClFN2/c1-16-5-2-6-17(8-7-16)13-4-3-11(10-14)9-12(13)15/h3-4,9H,2,5-8,10H2,1H3. The monoisotopic (exact) mass is 256 g/mol. The van der Waals surface area contributed by atoms with Crippen molar-refractivity contribution in [1.29, 1.82) is 0 Å². The summed E-state index contributed by atoms with van der Waals surface area (Å²) >= 11 is 5.70. The average Bonchev–Trinajstić information content (AvgIpc) is 2.54. The van der Waals surface area contributed by atoms with E-state index in [0.717, 1.165) is 38.2 Å². The van der Waals surface area contributed by atoms with Crippen molar-refractivity contribution in [1.82, 2.24) is 4.90 Å². The van der Waals surface area contributed by atoms with Gasteiger partial charge >= 0.3 is 0 Å². The first-order valence-corrected chi connectivity index (χ1v) is 6.52. The molecule has 0 unspecified atom stereocenters. The Hall–Kier alpha value is -0.800. The van der Waals surface area contributed by atoms with Gasteiger partial charge in [0.05, 0.1) is 5.69 Å². The van der Waals surface area contributed by atoms with E-state index in [4.69, 9.17) is 11.6 Å². The average molecular weight is 257 g/mol. The van der Waals surface area contributed by atoms with Crippen molar-refractivity contribution in [3.63, 3.8) is 0 Å². The summed E-state index contributed by atoms with van der Waals surface area (Å²) in [6, 6.07) is 5.29. The van der Waals surface area contributed by atoms with Crippen molar-refractivity contribution >= 4 is 17.3 Å². The molecular formula is C13H18ClFN2. The second kappa shape index (κ2) is 5.69. The highest BCUT2D eigenvalue weighted by molar-refractivity contribution is 6.17. The molecule has 0 saturated carbocycles. The highest BCUT2D eigenvalue weighted by atomic mass is 35.5. The summed E-state index contributed by atoms with van der Waals surface area (Å²) < 4.78 is 13.9. The lowest BCUT2D eigenvalue weighted by atomic mass is 10.2. The third-order valence-corrected chi connectivity index (χ3v) is 3.54. The molecule has 1 saturated heterocycles. The van der Waals surface area contributed by atoms with Crippen molar-refractivity contribution in [2.45, 2.75) is 12.3 Å². The SMILES string of the molecule is CN1CCCN(c2ccc(CCl)cc2F)CC1. The summed E-state index contributed by atoms with van der Waals surface area (Å²) in [5, 5.41) is 0. The van der Waals surface area contributed by atoms with E-state index in [9.17, 15) is 4.39 Å². The molecule has 1 aromatic carbocycles. The zero-order chi connectivity index (χ0) is 12.3. The molecule has 2 rings (SSSR count). The lowest BCUT2D eigenvalue weighted by Gasteiger charge is -2.23. The molecule has 0 atom stereocenters. The Bertz CT molecular complexity index is 384. The van der Waals surface area contributed by atoms with E-state index in [2.05, 4.69) is 16.8 Å². The molecule has 1 aliphatic heterocycles. The van der Waals surface area contributed by atoms with Crippen molar-refractivity contribution in [2.75, 3.05) is 38.1 Å². The number of alkyl halides is 1. The van der Waals surface area contributed by atoms with Gasteiger partial charge in [0.2, 0.25) is 0 Å². The highest BCUT2D eigenvalue weighted by Gasteiger charge is 2.15. The summed E-state index contributed by atoms with van der Waals surface area (Å²) in [4.78, 5) is 4.40. The summed E-state index contributed by atoms with van der Waals surface area (Å²) in [6.45, 7) is 3.86. The Labute approximate surface area is 107 Å². The lowest BCUT2D eigenvalue weighted by molar-refractivity contribution is 0.360. The second-order valence-electron chi connectivity index (χ2n) is 4.56. The van der Waals surface area contributed by atoms with Crippen LogP contribution in [0.1, 0.15) is 12.0 Å². The zero-order valence-corrected chi connectivity index (χ0v) is 10.9. The molecule has 0 aromatic heterocycles. The molecule has 1 fully saturated rings. The van der Waals surface area contributed by atoms with Gasteiger partial charge in [-0.15, -0.1) is 11.6 Å². The number of hydrogen-bond donors (Lipinski definition) is 0. The quantitative estimate of drug-likeness (QED) is 0.751. The number of likely N-dealkylation sites (N-methyl/N-ethyl adjacent to an activating group) is 1. The van der Waals surface area contributed by atoms with Crippen LogP contribution < -0.4 is 4.90 Å². The lowest BCUT2D eigenvalue weighted by Crippen LogP contribution is -2.29. The van der Waals surface area contributed by atoms with Gasteiger partial charge in [-0.1, -0.05) is 6.07 Å². The second-order valence-corrected chi connectivity index (χ2v) is 4.83. The Morgan fingerprint density at radius 3 is 2.76 bits per heavy atom. The van der Waals surface area contributed by atoms with Gasteiger partial charge in [-0.25, -0.2) is 4.39 Å². The molecule has 4 heteroatoms. The van der Waals surface area contributed by atoms with Gasteiger partial charge in [0.25, 0.3) is 0 Å². The van der Waals surface area contributed by atoms with Crippen molar-refractivity contribution in [3.05, 3.63) is 29.6 Å². The summed E-state index contributed by atoms with van der Waals surface area (Å²) in [7, 11) is 2.11. The number of hydrogen-bond acceptors (Lipinski definition) is 2. The molecule has 94 valence electrons. The third kappa shape index (κ3) is 3.11. The van der Waals surface area contributed by atoms with Crippen LogP contribution >= 0.6 is 11.6 Å². The fourth-order valence-corrected chi connectivity index (χ4v) is 2.34. The van der Waals surface area contributed by atoms with Crippen LogP contribution in [0.4, 0.5) is 10.1 Å². The molecule has 1 heterocycles. The van der Waals surface area contributed by atoms with Gasteiger partial charge in [0, 0.05) is 25.5 Å². The van der Waals surface area contributed by atoms with Gasteiger partial charge in [0.15, 0.2) is 0 Å². The maximum absolute atomic E-state index is 13.9. The van der Waals surface area contributed by atoms with Crippen molar-refractivity contribution < 1.29 is 4.39 Å². The number of nitrogens with zero attached hydrogens (tertiary/aromatic N) is 2. The van der Waals surface area contributed by atoms with E-state index < -0.39 is 0 Å². The fourth-order valence-electron chi connectivity index (χ4n) is 2.18. The van der Waals surface area contributed by atoms with Crippen molar-refractivity contribution in [2.24, 2.45) is 0 Å². The van der Waals surface area contributed by atoms with E-state index in [1.165, 1.54) is 6.07 Å². The molecule has 17 heavy (non-hydrogen) atoms. The van der Waals surface area contributed by atoms with Crippen LogP contribution in [-0.4, -0.2) is 38.1 Å². The van der Waals surface area contributed by atoms with E-state index in [-0.39, 0.29) is 5.82 Å². The maximum Gasteiger partial charge on any atom is 0.146 e. The number of benzene rings is 1. The normalized spacial score (nSPS) is 18.2. The topological polar surface area (TPSA) is 6.48 Å². The molecule has 2 nitrogen and oxygen atoms in total. The Kier molecular flexibility index (Phi) is 4.24. The van der Waals surface area contributed by atoms with Gasteiger partial charge in [-0.2, -0.15) is 0 Å². The number of halogens is 2. The number of rotatable bonds is 2. The summed E-state index contributed by atoms with van der Waals surface area (Å²) in [5.41, 5.74) is 1.54. The first-order chi connectivity index (χ1) is 8.20. The largest absolute Gasteiger partial charge is 0.368 e. The first-order valence-electron chi connectivity index (χ1n) is 5.98. The van der Waals surface area contributed by atoms with E-state index in [0.29, 0.717) is 11.6 Å². The molecule has 0 radical (unpaired) electrons. The minimum atomic E-state index is -0.160. The van der Waals surface area contributed by atoms with E-state index >= 15 is 0 Å². The molecule has 0 bridgehead atoms. The Morgan fingerprint density at radius 2 is 2.06 bits per heavy atom. The first kappa shape index (κ1) is 12.7. The Balaban J connectivity index is 2.15. The number of anilines is 1. The molecule has 0 aliphatic carbocycles. The predicted octanol–water partition coefficient (Wildman–Crippen LogP) is 2.71. The predicted molar refractivity (Wildman–Crippen MR) is 70.3 cm³/mol. The molecule has 1 aromatic rings. The van der Waals surface area contributed by atoms with Gasteiger partial charge in [-0.05, 0) is 37.7 Å². The maximum atomic E-state index is 13.9. The van der Waals surface area contributed by atoms with Crippen molar-refractivity contribution in [3.8, 4) is 0 Å². The fraction of sp³-hybridized carbons (Fsp3) is 0.538. The van der Waals surface area contributed by atoms with Crippen LogP contribution in [-0.2, 0) is 5.88 Å². The van der Waals surface area contributed by atoms with E-state index in [1.54, 1.807) is 0 Å². The smallest absolute Gasteiger partial charge is 0.146 e. The van der Waals surface area contributed by atoms with Gasteiger partial charge in [0.1, 0.15) is 5.82 Å². The molecule has 0 N–H and O–H groups in total. The van der Waals surface area contributed by atoms with Crippen LogP contribution in [0, 0.1) is 5.82 Å². The van der Waals surface area contributed by atoms with Crippen LogP contribution in [0.5, 0.6) is 0 Å². The molecular weight excluding hydrogens is 239 g/mol. The van der Waals surface area contributed by atoms with Gasteiger partial charge < -0.3 is 9.80 Å². The molecule has 0 amide bonds. The highest BCUT2D eigenvalue weighted by Crippen LogP contribution is 2.22. The summed E-state index contributed by atoms with van der Waals surface area (Å²) in [6.07, 6.45) is 1.08. The van der Waals surface area contributed by atoms with Gasteiger partial charge in [-0.3, -0.25) is 0 Å². The van der Waals surface area contributed by atoms with E-state index in [1.807, 2.05) is 12.1 Å². The molecule has 1 aliphatic rings. The minimum Gasteiger partial charge on any atom is -0.368 e. The Morgan fingerprint density at radius 1 is 1.24 bits per heavy atom. The zero-order valence-electron chi connectivity index (χ0n) is 10.1. The van der Waals surface area contributed by atoms with Crippen LogP contribution in [0.15, 0.2) is 18.2 Å². The minimum absolute atomic E-state index is 0.160. The van der Waals surface area contributed by atoms with Crippen LogP contribution in [0.2, 0.25) is 0 Å². The molecule has 0 spiro atoms. The van der Waals surface area contributed by atoms with Crippen LogP contribution in [0.3, 0.4) is 0 Å². The van der Waals surface area contributed by atoms with Crippen LogP contribution in [0.25, 0.3) is 0 Å². The summed E-state index contributed by atoms with van der Waals surface area (Å²) in [5.74, 6) is 0.202. The third-order valence-electron chi connectivity index (χ3n) is 3.23.